The molecule has 0 amide bonds. The first-order valence-electron chi connectivity index (χ1n) is 11.2. The lowest BCUT2D eigenvalue weighted by molar-refractivity contribution is -0.188. The molecule has 158 valence electrons. The lowest BCUT2D eigenvalue weighted by Crippen LogP contribution is -2.30. The van der Waals surface area contributed by atoms with Crippen LogP contribution in [0.2, 0.25) is 0 Å². The van der Waals surface area contributed by atoms with E-state index in [4.69, 9.17) is 4.74 Å². The van der Waals surface area contributed by atoms with Gasteiger partial charge in [0.15, 0.2) is 11.6 Å². The number of fused-ring (bicyclic) bond motifs is 1. The molecule has 0 radical (unpaired) electrons. The summed E-state index contributed by atoms with van der Waals surface area (Å²) in [7, 11) is 0. The highest BCUT2D eigenvalue weighted by Gasteiger charge is 2.38. The largest absolute Gasteiger partial charge is 0.429 e. The molecule has 4 heteroatoms. The third-order valence-electron chi connectivity index (χ3n) is 7.02. The van der Waals surface area contributed by atoms with Crippen LogP contribution in [0.15, 0.2) is 12.1 Å². The fourth-order valence-corrected chi connectivity index (χ4v) is 4.88. The van der Waals surface area contributed by atoms with Gasteiger partial charge in [-0.1, -0.05) is 52.2 Å². The average molecular weight is 397 g/mol. The molecule has 1 aromatic carbocycles. The lowest BCUT2D eigenvalue weighted by Gasteiger charge is -2.32. The van der Waals surface area contributed by atoms with Crippen molar-refractivity contribution in [3.8, 4) is 5.75 Å². The number of hydrogen-bond acceptors (Lipinski definition) is 1. The van der Waals surface area contributed by atoms with Crippen molar-refractivity contribution >= 4 is 0 Å². The smallest absolute Gasteiger partial charge is 0.398 e. The number of halogens is 3. The van der Waals surface area contributed by atoms with Crippen LogP contribution in [0, 0.1) is 23.6 Å². The summed E-state index contributed by atoms with van der Waals surface area (Å²) in [6.45, 7) is 6.93. The van der Waals surface area contributed by atoms with Crippen LogP contribution in [0.25, 0.3) is 0 Å². The van der Waals surface area contributed by atoms with Crippen LogP contribution in [0.3, 0.4) is 0 Å². The maximum atomic E-state index is 14.9. The van der Waals surface area contributed by atoms with E-state index in [1.54, 1.807) is 12.1 Å². The number of benzene rings is 1. The normalized spacial score (nSPS) is 26.2. The number of ether oxygens (including phenoxy) is 1. The highest BCUT2D eigenvalue weighted by atomic mass is 19.3. The summed E-state index contributed by atoms with van der Waals surface area (Å²) in [4.78, 5) is 0. The molecule has 1 aliphatic heterocycles. The van der Waals surface area contributed by atoms with E-state index in [0.717, 1.165) is 37.5 Å². The summed E-state index contributed by atoms with van der Waals surface area (Å²) in [5.74, 6) is 1.61. The highest BCUT2D eigenvalue weighted by Crippen LogP contribution is 2.44. The first kappa shape index (κ1) is 21.5. The number of alkyl halides is 2. The molecule has 0 aromatic heterocycles. The molecule has 1 fully saturated rings. The first-order chi connectivity index (χ1) is 13.3. The van der Waals surface area contributed by atoms with E-state index in [1.807, 2.05) is 0 Å². The maximum absolute atomic E-state index is 14.9. The van der Waals surface area contributed by atoms with Crippen molar-refractivity contribution in [3.63, 3.8) is 0 Å². The van der Waals surface area contributed by atoms with Crippen LogP contribution in [0.1, 0.15) is 95.6 Å². The van der Waals surface area contributed by atoms with E-state index in [9.17, 15) is 13.2 Å². The van der Waals surface area contributed by atoms with Gasteiger partial charge in [0.25, 0.3) is 0 Å². The van der Waals surface area contributed by atoms with E-state index >= 15 is 0 Å². The summed E-state index contributed by atoms with van der Waals surface area (Å²) < 4.78 is 46.8. The van der Waals surface area contributed by atoms with Gasteiger partial charge in [-0.2, -0.15) is 8.78 Å². The monoisotopic (exact) mass is 396 g/mol. The second-order valence-corrected chi connectivity index (χ2v) is 9.35. The molecule has 0 spiro atoms. The molecular formula is C24H35F3O. The summed E-state index contributed by atoms with van der Waals surface area (Å²) in [6, 6.07) is 3.59. The van der Waals surface area contributed by atoms with E-state index in [0.29, 0.717) is 17.0 Å². The minimum absolute atomic E-state index is 0.121. The Kier molecular flexibility index (Phi) is 6.98. The van der Waals surface area contributed by atoms with Crippen molar-refractivity contribution in [1.82, 2.24) is 0 Å². The lowest BCUT2D eigenvalue weighted by atomic mass is 9.75. The van der Waals surface area contributed by atoms with Crippen molar-refractivity contribution in [3.05, 3.63) is 29.1 Å². The molecule has 1 aliphatic carbocycles. The standard InChI is InChI=1S/C24H35F3O/c1-4-16(2)5-6-17(3)15-18-7-9-19(10-8-18)21-12-11-20-13-14-24(26,27)28-23(20)22(21)25/h11-12,16-19H,4-10,13-15H2,1-3H3. The molecule has 2 unspecified atom stereocenters. The summed E-state index contributed by atoms with van der Waals surface area (Å²) in [6.07, 6.45) is 5.72. The molecule has 2 atom stereocenters. The Balaban J connectivity index is 1.55. The van der Waals surface area contributed by atoms with Crippen molar-refractivity contribution in [2.24, 2.45) is 17.8 Å². The predicted octanol–water partition coefficient (Wildman–Crippen LogP) is 7.87. The topological polar surface area (TPSA) is 9.23 Å². The first-order valence-corrected chi connectivity index (χ1v) is 11.2. The molecule has 1 saturated carbocycles. The average Bonchev–Trinajstić information content (AvgIpc) is 2.67. The highest BCUT2D eigenvalue weighted by molar-refractivity contribution is 5.42. The van der Waals surface area contributed by atoms with E-state index < -0.39 is 11.9 Å². The summed E-state index contributed by atoms with van der Waals surface area (Å²) in [5.41, 5.74) is 1.13. The fraction of sp³-hybridized carbons (Fsp3) is 0.750. The SMILES string of the molecule is CCC(C)CCC(C)CC1CCC(c2ccc3c(c2F)OC(F)(F)CC3)CC1. The number of rotatable bonds is 7. The molecule has 0 N–H and O–H groups in total. The van der Waals surface area contributed by atoms with E-state index in [1.165, 1.54) is 25.7 Å². The van der Waals surface area contributed by atoms with Gasteiger partial charge in [0, 0.05) is 0 Å². The third kappa shape index (κ3) is 5.24. The van der Waals surface area contributed by atoms with Gasteiger partial charge in [0.2, 0.25) is 0 Å². The quantitative estimate of drug-likeness (QED) is 0.455. The molecular weight excluding hydrogens is 361 g/mol. The molecule has 2 aliphatic rings. The van der Waals surface area contributed by atoms with Crippen molar-refractivity contribution < 1.29 is 17.9 Å². The third-order valence-corrected chi connectivity index (χ3v) is 7.02. The summed E-state index contributed by atoms with van der Waals surface area (Å²) in [5, 5.41) is 0. The van der Waals surface area contributed by atoms with Gasteiger partial charge < -0.3 is 4.74 Å². The zero-order valence-electron chi connectivity index (χ0n) is 17.6. The van der Waals surface area contributed by atoms with Crippen LogP contribution in [0.5, 0.6) is 5.75 Å². The molecule has 28 heavy (non-hydrogen) atoms. The summed E-state index contributed by atoms with van der Waals surface area (Å²) >= 11 is 0. The Morgan fingerprint density at radius 1 is 1.07 bits per heavy atom. The molecule has 0 bridgehead atoms. The van der Waals surface area contributed by atoms with Crippen LogP contribution < -0.4 is 4.74 Å². The molecule has 1 nitrogen and oxygen atoms in total. The molecule has 1 aromatic rings. The van der Waals surface area contributed by atoms with Crippen LogP contribution in [0.4, 0.5) is 13.2 Å². The van der Waals surface area contributed by atoms with E-state index in [-0.39, 0.29) is 24.5 Å². The minimum Gasteiger partial charge on any atom is -0.429 e. The van der Waals surface area contributed by atoms with Crippen molar-refractivity contribution in [1.29, 1.82) is 0 Å². The Bertz CT molecular complexity index is 649. The van der Waals surface area contributed by atoms with Crippen LogP contribution >= 0.6 is 0 Å². The Labute approximate surface area is 168 Å². The molecule has 1 heterocycles. The second-order valence-electron chi connectivity index (χ2n) is 9.35. The van der Waals surface area contributed by atoms with Crippen LogP contribution in [-0.4, -0.2) is 6.11 Å². The van der Waals surface area contributed by atoms with Crippen molar-refractivity contribution in [2.75, 3.05) is 0 Å². The number of hydrogen-bond donors (Lipinski definition) is 0. The molecule has 3 rings (SSSR count). The van der Waals surface area contributed by atoms with E-state index in [2.05, 4.69) is 20.8 Å². The zero-order valence-corrected chi connectivity index (χ0v) is 17.6. The fourth-order valence-electron chi connectivity index (χ4n) is 4.88. The predicted molar refractivity (Wildman–Crippen MR) is 107 cm³/mol. The second kappa shape index (κ2) is 9.09. The van der Waals surface area contributed by atoms with Gasteiger partial charge in [-0.05, 0) is 73.3 Å². The Hall–Kier alpha value is -1.19. The molecule has 0 saturated heterocycles. The van der Waals surface area contributed by atoms with Gasteiger partial charge >= 0.3 is 6.11 Å². The van der Waals surface area contributed by atoms with Crippen molar-refractivity contribution in [2.45, 2.75) is 97.0 Å². The van der Waals surface area contributed by atoms with Gasteiger partial charge in [-0.3, -0.25) is 0 Å². The Morgan fingerprint density at radius 3 is 2.43 bits per heavy atom. The van der Waals surface area contributed by atoms with Crippen LogP contribution in [-0.2, 0) is 6.42 Å². The maximum Gasteiger partial charge on any atom is 0.398 e. The van der Waals surface area contributed by atoms with Gasteiger partial charge in [-0.15, -0.1) is 0 Å². The van der Waals surface area contributed by atoms with Gasteiger partial charge in [0.1, 0.15) is 0 Å². The zero-order chi connectivity index (χ0) is 20.3. The Morgan fingerprint density at radius 2 is 1.75 bits per heavy atom. The van der Waals surface area contributed by atoms with Gasteiger partial charge in [0.05, 0.1) is 6.42 Å². The van der Waals surface area contributed by atoms with Gasteiger partial charge in [-0.25, -0.2) is 4.39 Å². The number of aryl methyl sites for hydroxylation is 1. The minimum atomic E-state index is -3.25.